The van der Waals surface area contributed by atoms with Gasteiger partial charge in [0.25, 0.3) is 0 Å². The third-order valence-corrected chi connectivity index (χ3v) is 5.55. The van der Waals surface area contributed by atoms with Crippen LogP contribution in [0.25, 0.3) is 0 Å². The smallest absolute Gasteiger partial charge is 0.219 e. The molecule has 3 aromatic heterocycles. The van der Waals surface area contributed by atoms with Crippen LogP contribution in [0.5, 0.6) is 0 Å². The summed E-state index contributed by atoms with van der Waals surface area (Å²) in [6, 6.07) is 27.0. The fourth-order valence-corrected chi connectivity index (χ4v) is 4.04. The van der Waals surface area contributed by atoms with Crippen LogP contribution >= 0.6 is 22.6 Å². The standard InChI is InChI=1S/C21H16BIN3/c23-18-12-10-17(11-13-18)22(19-7-1-4-14-24-19,20-8-2-5-15-25-20)21-9-3-6-16-26-21/h1-16H/q-1/p+1. The minimum atomic E-state index is -1.51. The Morgan fingerprint density at radius 1 is 0.692 bits per heavy atom. The van der Waals surface area contributed by atoms with Gasteiger partial charge in [0.1, 0.15) is 0 Å². The molecule has 0 fully saturated rings. The fraction of sp³-hybridized carbons (Fsp3) is 0. The van der Waals surface area contributed by atoms with Crippen molar-refractivity contribution in [1.29, 1.82) is 0 Å². The molecule has 3 nitrogen and oxygen atoms in total. The Morgan fingerprint density at radius 2 is 1.31 bits per heavy atom. The lowest BCUT2D eigenvalue weighted by Crippen LogP contribution is -2.79. The first-order valence-electron chi connectivity index (χ1n) is 8.53. The molecule has 0 saturated heterocycles. The molecule has 3 heterocycles. The van der Waals surface area contributed by atoms with Crippen LogP contribution in [0.15, 0.2) is 97.5 Å². The maximum absolute atomic E-state index is 4.77. The first-order chi connectivity index (χ1) is 12.8. The lowest BCUT2D eigenvalue weighted by Gasteiger charge is -2.37. The normalized spacial score (nSPS) is 11.3. The maximum atomic E-state index is 4.77. The van der Waals surface area contributed by atoms with Crippen molar-refractivity contribution >= 4 is 51.0 Å². The maximum Gasteiger partial charge on any atom is 0.219 e. The summed E-state index contributed by atoms with van der Waals surface area (Å²) in [6.45, 7) is 0. The Bertz CT molecular complexity index is 881. The van der Waals surface area contributed by atoms with Crippen LogP contribution < -0.4 is 27.2 Å². The molecule has 26 heavy (non-hydrogen) atoms. The quantitative estimate of drug-likeness (QED) is 0.348. The van der Waals surface area contributed by atoms with Gasteiger partial charge in [-0.05, 0) is 40.8 Å². The Labute approximate surface area is 166 Å². The van der Waals surface area contributed by atoms with Crippen LogP contribution in [-0.4, -0.2) is 16.1 Å². The highest BCUT2D eigenvalue weighted by Gasteiger charge is 2.39. The van der Waals surface area contributed by atoms with Gasteiger partial charge in [0, 0.05) is 27.6 Å². The summed E-state index contributed by atoms with van der Waals surface area (Å²) in [4.78, 5) is 13.0. The van der Waals surface area contributed by atoms with Gasteiger partial charge >= 0.3 is 0 Å². The summed E-state index contributed by atoms with van der Waals surface area (Å²) in [5, 5.41) is 0. The molecule has 0 aliphatic heterocycles. The molecule has 0 atom stereocenters. The fourth-order valence-electron chi connectivity index (χ4n) is 3.68. The third-order valence-electron chi connectivity index (χ3n) is 4.83. The lowest BCUT2D eigenvalue weighted by molar-refractivity contribution is -0.356. The molecule has 4 aromatic rings. The number of pyridine rings is 3. The zero-order valence-electron chi connectivity index (χ0n) is 14.1. The number of aromatic nitrogens is 3. The average molecular weight is 449 g/mol. The van der Waals surface area contributed by atoms with E-state index in [1.54, 1.807) is 0 Å². The van der Waals surface area contributed by atoms with Crippen LogP contribution in [0.3, 0.4) is 0 Å². The molecular weight excluding hydrogens is 432 g/mol. The Hall–Kier alpha value is -2.54. The number of nitrogens with one attached hydrogen (secondary N) is 1. The van der Waals surface area contributed by atoms with Gasteiger partial charge in [0.15, 0.2) is 6.20 Å². The SMILES string of the molecule is Ic1ccc([B-](c2ccccn2)(c2ccccn2)c2cccc[nH+]2)cc1. The van der Waals surface area contributed by atoms with Crippen molar-refractivity contribution in [1.82, 2.24) is 9.97 Å². The number of H-pyrrole nitrogens is 1. The van der Waals surface area contributed by atoms with E-state index in [2.05, 4.69) is 76.1 Å². The summed E-state index contributed by atoms with van der Waals surface area (Å²) in [7, 11) is 0. The molecule has 0 saturated carbocycles. The van der Waals surface area contributed by atoms with Crippen LogP contribution in [0.1, 0.15) is 0 Å². The molecule has 126 valence electrons. The highest BCUT2D eigenvalue weighted by Crippen LogP contribution is 2.07. The van der Waals surface area contributed by atoms with Gasteiger partial charge in [-0.15, -0.1) is 0 Å². The van der Waals surface area contributed by atoms with Gasteiger partial charge in [-0.3, -0.25) is 4.98 Å². The lowest BCUT2D eigenvalue weighted by atomic mass is 9.16. The van der Waals surface area contributed by atoms with E-state index in [9.17, 15) is 0 Å². The number of nitrogens with zero attached hydrogens (tertiary/aromatic N) is 2. The van der Waals surface area contributed by atoms with Gasteiger partial charge in [-0.1, -0.05) is 65.8 Å². The number of hydrogen-bond donors (Lipinski definition) is 0. The van der Waals surface area contributed by atoms with Crippen molar-refractivity contribution in [3.63, 3.8) is 0 Å². The van der Waals surface area contributed by atoms with E-state index in [1.165, 1.54) is 9.03 Å². The molecule has 0 amide bonds. The number of benzene rings is 1. The average Bonchev–Trinajstić information content (AvgIpc) is 2.72. The molecule has 5 heteroatoms. The van der Waals surface area contributed by atoms with E-state index in [4.69, 9.17) is 9.97 Å². The monoisotopic (exact) mass is 449 g/mol. The molecule has 0 aliphatic rings. The largest absolute Gasteiger partial charge is 0.302 e. The summed E-state index contributed by atoms with van der Waals surface area (Å²) >= 11 is 2.34. The third kappa shape index (κ3) is 2.92. The molecule has 0 bridgehead atoms. The van der Waals surface area contributed by atoms with E-state index >= 15 is 0 Å². The Kier molecular flexibility index (Phi) is 4.80. The van der Waals surface area contributed by atoms with E-state index in [1.807, 2.05) is 48.9 Å². The van der Waals surface area contributed by atoms with Crippen molar-refractivity contribution in [2.24, 2.45) is 0 Å². The zero-order valence-corrected chi connectivity index (χ0v) is 16.2. The van der Waals surface area contributed by atoms with E-state index in [0.29, 0.717) is 0 Å². The van der Waals surface area contributed by atoms with Gasteiger partial charge < -0.3 is 9.97 Å². The van der Waals surface area contributed by atoms with Crippen LogP contribution in [0.4, 0.5) is 0 Å². The van der Waals surface area contributed by atoms with E-state index in [-0.39, 0.29) is 0 Å². The van der Waals surface area contributed by atoms with Gasteiger partial charge in [-0.2, -0.15) is 5.46 Å². The van der Waals surface area contributed by atoms with Crippen LogP contribution in [0, 0.1) is 3.57 Å². The molecule has 0 radical (unpaired) electrons. The van der Waals surface area contributed by atoms with E-state index < -0.39 is 6.15 Å². The molecule has 1 aromatic carbocycles. The van der Waals surface area contributed by atoms with Gasteiger partial charge in [0.05, 0.1) is 0 Å². The number of rotatable bonds is 4. The molecule has 4 rings (SSSR count). The van der Waals surface area contributed by atoms with Crippen molar-refractivity contribution in [2.75, 3.05) is 0 Å². The predicted molar refractivity (Wildman–Crippen MR) is 115 cm³/mol. The van der Waals surface area contributed by atoms with Crippen LogP contribution in [0.2, 0.25) is 0 Å². The molecule has 1 N–H and O–H groups in total. The highest BCUT2D eigenvalue weighted by molar-refractivity contribution is 14.1. The Balaban J connectivity index is 2.12. The number of aromatic amines is 1. The second kappa shape index (κ2) is 7.37. The Morgan fingerprint density at radius 3 is 1.81 bits per heavy atom. The molecule has 0 aliphatic carbocycles. The summed E-state index contributed by atoms with van der Waals surface area (Å²) < 4.78 is 1.20. The van der Waals surface area contributed by atoms with Crippen molar-refractivity contribution in [3.8, 4) is 0 Å². The predicted octanol–water partition coefficient (Wildman–Crippen LogP) is 1.27. The minimum Gasteiger partial charge on any atom is -0.302 e. The van der Waals surface area contributed by atoms with Crippen molar-refractivity contribution < 1.29 is 4.98 Å². The van der Waals surface area contributed by atoms with Crippen molar-refractivity contribution in [2.45, 2.75) is 0 Å². The highest BCUT2D eigenvalue weighted by atomic mass is 127. The summed E-state index contributed by atoms with van der Waals surface area (Å²) in [5.74, 6) is 0. The van der Waals surface area contributed by atoms with Crippen molar-refractivity contribution in [3.05, 3.63) is 101 Å². The van der Waals surface area contributed by atoms with Gasteiger partial charge in [0.2, 0.25) is 6.15 Å². The van der Waals surface area contributed by atoms with E-state index in [0.717, 1.165) is 16.8 Å². The second-order valence-corrected chi connectivity index (χ2v) is 7.49. The number of halogens is 1. The topological polar surface area (TPSA) is 39.9 Å². The van der Waals surface area contributed by atoms with Gasteiger partial charge in [-0.25, -0.2) is 0 Å². The first kappa shape index (κ1) is 16.9. The molecular formula is C21H17BIN3. The molecule has 0 unspecified atom stereocenters. The zero-order chi connectivity index (χ0) is 17.8. The molecule has 0 spiro atoms. The summed E-state index contributed by atoms with van der Waals surface area (Å²) in [5.41, 5.74) is 4.26. The second-order valence-electron chi connectivity index (χ2n) is 6.24. The minimum absolute atomic E-state index is 0.995. The summed E-state index contributed by atoms with van der Waals surface area (Å²) in [6.07, 6.45) is 4.15. The number of hydrogen-bond acceptors (Lipinski definition) is 2. The first-order valence-corrected chi connectivity index (χ1v) is 9.61. The van der Waals surface area contributed by atoms with Crippen LogP contribution in [-0.2, 0) is 0 Å².